The number of hydrogen-bond donors (Lipinski definition) is 0. The van der Waals surface area contributed by atoms with Gasteiger partial charge in [0.1, 0.15) is 12.2 Å². The highest BCUT2D eigenvalue weighted by Crippen LogP contribution is 2.36. The van der Waals surface area contributed by atoms with Gasteiger partial charge in [-0.2, -0.15) is 0 Å². The molecule has 2 heterocycles. The van der Waals surface area contributed by atoms with Gasteiger partial charge in [0.25, 0.3) is 11.8 Å². The van der Waals surface area contributed by atoms with Crippen molar-refractivity contribution in [3.8, 4) is 0 Å². The van der Waals surface area contributed by atoms with Crippen LogP contribution in [0.2, 0.25) is 0 Å². The fraction of sp³-hybridized carbons (Fsp3) is 0.625. The maximum Gasteiger partial charge on any atom is 0.253 e. The number of carbonyl (C=O) groups excluding carboxylic acids is 2. The number of nitrogens with zero attached hydrogens (tertiary/aromatic N) is 2. The van der Waals surface area contributed by atoms with Crippen LogP contribution in [0.5, 0.6) is 0 Å². The van der Waals surface area contributed by atoms with Gasteiger partial charge < -0.3 is 14.5 Å². The normalized spacial score (nSPS) is 22.9. The summed E-state index contributed by atoms with van der Waals surface area (Å²) in [7, 11) is 0. The van der Waals surface area contributed by atoms with Gasteiger partial charge in [0, 0.05) is 26.2 Å². The Morgan fingerprint density at radius 3 is 1.48 bits per heavy atom. The van der Waals surface area contributed by atoms with Gasteiger partial charge in [0.2, 0.25) is 0 Å². The molecule has 2 amide bonds. The minimum absolute atomic E-state index is 0.0765. The Labute approximate surface area is 126 Å². The van der Waals surface area contributed by atoms with Crippen molar-refractivity contribution in [3.05, 3.63) is 23.3 Å². The Morgan fingerprint density at radius 2 is 1.19 bits per heavy atom. The van der Waals surface area contributed by atoms with E-state index < -0.39 is 0 Å². The fourth-order valence-electron chi connectivity index (χ4n) is 2.92. The largest absolute Gasteiger partial charge is 0.357 e. The van der Waals surface area contributed by atoms with Gasteiger partial charge in [-0.05, 0) is 27.7 Å². The predicted molar refractivity (Wildman–Crippen MR) is 80.7 cm³/mol. The third-order valence-electron chi connectivity index (χ3n) is 4.18. The van der Waals surface area contributed by atoms with E-state index in [1.807, 2.05) is 39.8 Å². The van der Waals surface area contributed by atoms with Crippen molar-refractivity contribution in [2.24, 2.45) is 0 Å². The van der Waals surface area contributed by atoms with Gasteiger partial charge in [-0.25, -0.2) is 0 Å². The number of ether oxygens (including phenoxy) is 1. The van der Waals surface area contributed by atoms with Crippen LogP contribution >= 0.6 is 0 Å². The number of fused-ring (bicyclic) bond motifs is 2. The highest BCUT2D eigenvalue weighted by molar-refractivity contribution is 6.07. The summed E-state index contributed by atoms with van der Waals surface area (Å²) in [5.41, 5.74) is 1.06. The average molecular weight is 292 g/mol. The third kappa shape index (κ3) is 2.62. The minimum atomic E-state index is -0.363. The molecule has 0 aliphatic carbocycles. The van der Waals surface area contributed by atoms with E-state index in [2.05, 4.69) is 0 Å². The zero-order valence-corrected chi connectivity index (χ0v) is 13.3. The molecule has 21 heavy (non-hydrogen) atoms. The average Bonchev–Trinajstić information content (AvgIpc) is 3.10. The van der Waals surface area contributed by atoms with Crippen molar-refractivity contribution < 1.29 is 14.3 Å². The van der Waals surface area contributed by atoms with Crippen LogP contribution < -0.4 is 0 Å². The number of carbonyl (C=O) groups is 2. The highest BCUT2D eigenvalue weighted by atomic mass is 16.5. The van der Waals surface area contributed by atoms with E-state index in [-0.39, 0.29) is 24.0 Å². The summed E-state index contributed by atoms with van der Waals surface area (Å²) in [6.45, 7) is 10.3. The summed E-state index contributed by atoms with van der Waals surface area (Å²) >= 11 is 0. The first kappa shape index (κ1) is 15.8. The van der Waals surface area contributed by atoms with Crippen LogP contribution in [0.25, 0.3) is 0 Å². The fourth-order valence-corrected chi connectivity index (χ4v) is 2.92. The molecule has 0 fully saturated rings. The van der Waals surface area contributed by atoms with Crippen molar-refractivity contribution in [3.63, 3.8) is 0 Å². The first-order valence-corrected chi connectivity index (χ1v) is 7.75. The van der Waals surface area contributed by atoms with Crippen molar-refractivity contribution in [2.45, 2.75) is 39.9 Å². The molecule has 116 valence electrons. The molecule has 0 spiro atoms. The van der Waals surface area contributed by atoms with E-state index in [0.29, 0.717) is 37.3 Å². The molecular formula is C16H24N2O3. The number of hydrogen-bond acceptors (Lipinski definition) is 3. The molecule has 2 rings (SSSR count). The lowest BCUT2D eigenvalue weighted by Gasteiger charge is -2.24. The highest BCUT2D eigenvalue weighted by Gasteiger charge is 2.44. The smallest absolute Gasteiger partial charge is 0.253 e. The Balaban J connectivity index is 2.37. The monoisotopic (exact) mass is 292 g/mol. The van der Waals surface area contributed by atoms with Gasteiger partial charge in [-0.15, -0.1) is 0 Å². The standard InChI is InChI=1S/C16H24N2O3/c1-5-17(6-2)15(19)13-11-9-10-12(21-11)14(13)16(20)18(7-3)8-4/h9-12H,5-8H2,1-4H3. The van der Waals surface area contributed by atoms with Crippen molar-refractivity contribution >= 4 is 11.8 Å². The van der Waals surface area contributed by atoms with Gasteiger partial charge in [-0.3, -0.25) is 9.59 Å². The van der Waals surface area contributed by atoms with E-state index in [4.69, 9.17) is 4.74 Å². The summed E-state index contributed by atoms with van der Waals surface area (Å²) in [4.78, 5) is 28.9. The lowest BCUT2D eigenvalue weighted by molar-refractivity contribution is -0.129. The lowest BCUT2D eigenvalue weighted by atomic mass is 9.94. The maximum absolute atomic E-state index is 12.7. The van der Waals surface area contributed by atoms with Crippen LogP contribution in [0.3, 0.4) is 0 Å². The van der Waals surface area contributed by atoms with Crippen LogP contribution in [-0.4, -0.2) is 60.0 Å². The maximum atomic E-state index is 12.7. The van der Waals surface area contributed by atoms with Gasteiger partial charge >= 0.3 is 0 Å². The summed E-state index contributed by atoms with van der Waals surface area (Å²) in [5.74, 6) is -0.153. The van der Waals surface area contributed by atoms with Crippen LogP contribution in [0.4, 0.5) is 0 Å². The van der Waals surface area contributed by atoms with Gasteiger partial charge in [0.15, 0.2) is 0 Å². The number of rotatable bonds is 6. The van der Waals surface area contributed by atoms with Crippen LogP contribution in [0.1, 0.15) is 27.7 Å². The number of likely N-dealkylation sites (N-methyl/N-ethyl adjacent to an activating group) is 2. The summed E-state index contributed by atoms with van der Waals surface area (Å²) < 4.78 is 5.74. The van der Waals surface area contributed by atoms with Crippen LogP contribution in [-0.2, 0) is 14.3 Å². The Hall–Kier alpha value is -1.62. The van der Waals surface area contributed by atoms with Crippen LogP contribution in [0, 0.1) is 0 Å². The summed E-state index contributed by atoms with van der Waals surface area (Å²) in [5, 5.41) is 0. The molecule has 5 heteroatoms. The molecule has 0 aromatic carbocycles. The molecule has 2 atom stereocenters. The Bertz CT molecular complexity index is 446. The second-order valence-corrected chi connectivity index (χ2v) is 5.14. The van der Waals surface area contributed by atoms with Crippen molar-refractivity contribution in [2.75, 3.05) is 26.2 Å². The molecule has 2 aliphatic heterocycles. The zero-order valence-electron chi connectivity index (χ0n) is 13.3. The lowest BCUT2D eigenvalue weighted by Crippen LogP contribution is -2.38. The molecule has 2 bridgehead atoms. The van der Waals surface area contributed by atoms with E-state index in [0.717, 1.165) is 0 Å². The molecule has 0 saturated carbocycles. The Morgan fingerprint density at radius 1 is 0.857 bits per heavy atom. The molecule has 0 aromatic rings. The van der Waals surface area contributed by atoms with E-state index >= 15 is 0 Å². The first-order valence-electron chi connectivity index (χ1n) is 7.75. The topological polar surface area (TPSA) is 49.9 Å². The molecule has 0 saturated heterocycles. The molecular weight excluding hydrogens is 268 g/mol. The van der Waals surface area contributed by atoms with Crippen molar-refractivity contribution in [1.29, 1.82) is 0 Å². The molecule has 0 aromatic heterocycles. The van der Waals surface area contributed by atoms with Crippen LogP contribution in [0.15, 0.2) is 23.3 Å². The second-order valence-electron chi connectivity index (χ2n) is 5.14. The molecule has 5 nitrogen and oxygen atoms in total. The molecule has 2 unspecified atom stereocenters. The number of amides is 2. The van der Waals surface area contributed by atoms with Gasteiger partial charge in [-0.1, -0.05) is 12.2 Å². The zero-order chi connectivity index (χ0) is 15.6. The molecule has 2 aliphatic rings. The van der Waals surface area contributed by atoms with Gasteiger partial charge in [0.05, 0.1) is 11.1 Å². The Kier molecular flexibility index (Phi) is 4.83. The molecule has 0 radical (unpaired) electrons. The molecule has 0 N–H and O–H groups in total. The third-order valence-corrected chi connectivity index (χ3v) is 4.18. The summed E-state index contributed by atoms with van der Waals surface area (Å²) in [6, 6.07) is 0. The van der Waals surface area contributed by atoms with E-state index in [9.17, 15) is 9.59 Å². The van der Waals surface area contributed by atoms with Crippen molar-refractivity contribution in [1.82, 2.24) is 9.80 Å². The minimum Gasteiger partial charge on any atom is -0.357 e. The SMILES string of the molecule is CCN(CC)C(=O)C1=C(C(=O)N(CC)CC)C2C=CC1O2. The predicted octanol–water partition coefficient (Wildman–Crippen LogP) is 1.36. The first-order chi connectivity index (χ1) is 10.1. The van der Waals surface area contributed by atoms with E-state index in [1.165, 1.54) is 0 Å². The second kappa shape index (κ2) is 6.43. The summed E-state index contributed by atoms with van der Waals surface area (Å²) in [6.07, 6.45) is 3.02. The van der Waals surface area contributed by atoms with E-state index in [1.54, 1.807) is 9.80 Å². The quantitative estimate of drug-likeness (QED) is 0.695.